The number of rotatable bonds is 4. The standard InChI is InChI=1S/C18H21NO4/c1-2-22-17(21)12-16(20)19-14-6-5-7-15-13(14)8-11-18(23-15)9-3-4-10-18/h5-8,11H,2-4,9-10,12H2,1H3,(H,19,20). The molecule has 1 aliphatic heterocycles. The van der Waals surface area contributed by atoms with Crippen molar-refractivity contribution in [1.29, 1.82) is 0 Å². The van der Waals surface area contributed by atoms with E-state index in [1.807, 2.05) is 24.3 Å². The van der Waals surface area contributed by atoms with E-state index < -0.39 is 5.97 Å². The maximum absolute atomic E-state index is 12.0. The molecule has 0 saturated heterocycles. The molecule has 1 heterocycles. The number of nitrogens with one attached hydrogen (secondary N) is 1. The third-order valence-electron chi connectivity index (χ3n) is 4.27. The zero-order chi connectivity index (χ0) is 16.3. The van der Waals surface area contributed by atoms with E-state index in [0.29, 0.717) is 5.69 Å². The Hall–Kier alpha value is -2.30. The molecule has 3 rings (SSSR count). The van der Waals surface area contributed by atoms with Gasteiger partial charge < -0.3 is 14.8 Å². The molecule has 1 spiro atoms. The minimum Gasteiger partial charge on any atom is -0.482 e. The van der Waals surface area contributed by atoms with E-state index in [-0.39, 0.29) is 24.5 Å². The third-order valence-corrected chi connectivity index (χ3v) is 4.27. The third kappa shape index (κ3) is 3.38. The van der Waals surface area contributed by atoms with Gasteiger partial charge in [0.2, 0.25) is 5.91 Å². The van der Waals surface area contributed by atoms with Gasteiger partial charge in [0.25, 0.3) is 0 Å². The molecule has 1 saturated carbocycles. The highest BCUT2D eigenvalue weighted by atomic mass is 16.5. The summed E-state index contributed by atoms with van der Waals surface area (Å²) in [5.41, 5.74) is 1.32. The molecule has 2 aliphatic rings. The summed E-state index contributed by atoms with van der Waals surface area (Å²) in [4.78, 5) is 23.3. The van der Waals surface area contributed by atoms with Crippen LogP contribution in [0.15, 0.2) is 24.3 Å². The van der Waals surface area contributed by atoms with Gasteiger partial charge in [0.15, 0.2) is 0 Å². The van der Waals surface area contributed by atoms with Crippen molar-refractivity contribution >= 4 is 23.6 Å². The number of carbonyl (C=O) groups is 2. The van der Waals surface area contributed by atoms with Crippen LogP contribution < -0.4 is 10.1 Å². The second kappa shape index (κ2) is 6.44. The fraction of sp³-hybridized carbons (Fsp3) is 0.444. The lowest BCUT2D eigenvalue weighted by atomic mass is 9.96. The van der Waals surface area contributed by atoms with Gasteiger partial charge >= 0.3 is 5.97 Å². The van der Waals surface area contributed by atoms with Gasteiger partial charge in [0.05, 0.1) is 12.3 Å². The summed E-state index contributed by atoms with van der Waals surface area (Å²) in [6.45, 7) is 1.98. The van der Waals surface area contributed by atoms with Crippen molar-refractivity contribution in [2.75, 3.05) is 11.9 Å². The molecule has 0 atom stereocenters. The number of carbonyl (C=O) groups excluding carboxylic acids is 2. The quantitative estimate of drug-likeness (QED) is 0.684. The Kier molecular flexibility index (Phi) is 4.37. The first kappa shape index (κ1) is 15.6. The van der Waals surface area contributed by atoms with Crippen LogP contribution in [0.25, 0.3) is 6.08 Å². The number of ether oxygens (including phenoxy) is 2. The fourth-order valence-electron chi connectivity index (χ4n) is 3.18. The SMILES string of the molecule is CCOC(=O)CC(=O)Nc1cccc2c1C=CC1(CCCC1)O2. The Labute approximate surface area is 135 Å². The van der Waals surface area contributed by atoms with E-state index in [0.717, 1.165) is 24.2 Å². The van der Waals surface area contributed by atoms with E-state index in [1.54, 1.807) is 6.92 Å². The van der Waals surface area contributed by atoms with Gasteiger partial charge in [-0.05, 0) is 56.9 Å². The van der Waals surface area contributed by atoms with Gasteiger partial charge in [-0.3, -0.25) is 9.59 Å². The first-order valence-corrected chi connectivity index (χ1v) is 8.09. The van der Waals surface area contributed by atoms with Crippen LogP contribution in [0.3, 0.4) is 0 Å². The van der Waals surface area contributed by atoms with Crippen LogP contribution in [0.2, 0.25) is 0 Å². The van der Waals surface area contributed by atoms with Gasteiger partial charge in [-0.2, -0.15) is 0 Å². The van der Waals surface area contributed by atoms with Crippen molar-refractivity contribution in [3.05, 3.63) is 29.8 Å². The minimum absolute atomic E-state index is 0.180. The molecule has 0 bridgehead atoms. The summed E-state index contributed by atoms with van der Waals surface area (Å²) in [6, 6.07) is 5.57. The topological polar surface area (TPSA) is 64.6 Å². The molecule has 1 aliphatic carbocycles. The maximum Gasteiger partial charge on any atom is 0.315 e. The van der Waals surface area contributed by atoms with Crippen LogP contribution in [-0.2, 0) is 14.3 Å². The molecule has 23 heavy (non-hydrogen) atoms. The molecule has 0 unspecified atom stereocenters. The lowest BCUT2D eigenvalue weighted by Gasteiger charge is -2.32. The molecular weight excluding hydrogens is 294 g/mol. The van der Waals surface area contributed by atoms with Crippen molar-refractivity contribution in [1.82, 2.24) is 0 Å². The molecular formula is C18H21NO4. The van der Waals surface area contributed by atoms with Crippen LogP contribution in [0, 0.1) is 0 Å². The van der Waals surface area contributed by atoms with Gasteiger partial charge in [-0.15, -0.1) is 0 Å². The molecule has 0 aromatic heterocycles. The van der Waals surface area contributed by atoms with Crippen LogP contribution >= 0.6 is 0 Å². The molecule has 1 N–H and O–H groups in total. The highest BCUT2D eigenvalue weighted by molar-refractivity contribution is 6.03. The average Bonchev–Trinajstić information content (AvgIpc) is 2.95. The average molecular weight is 315 g/mol. The summed E-state index contributed by atoms with van der Waals surface area (Å²) in [7, 11) is 0. The molecule has 1 aromatic rings. The largest absolute Gasteiger partial charge is 0.482 e. The van der Waals surface area contributed by atoms with E-state index in [1.165, 1.54) is 12.8 Å². The second-order valence-corrected chi connectivity index (χ2v) is 5.95. The molecule has 122 valence electrons. The van der Waals surface area contributed by atoms with E-state index in [2.05, 4.69) is 11.4 Å². The van der Waals surface area contributed by atoms with Crippen molar-refractivity contribution in [3.8, 4) is 5.75 Å². The highest BCUT2D eigenvalue weighted by Crippen LogP contribution is 2.42. The van der Waals surface area contributed by atoms with Crippen LogP contribution in [-0.4, -0.2) is 24.1 Å². The van der Waals surface area contributed by atoms with E-state index >= 15 is 0 Å². The van der Waals surface area contributed by atoms with Crippen molar-refractivity contribution in [2.24, 2.45) is 0 Å². The maximum atomic E-state index is 12.0. The Balaban J connectivity index is 1.74. The molecule has 1 fully saturated rings. The predicted octanol–water partition coefficient (Wildman–Crippen LogP) is 3.30. The lowest BCUT2D eigenvalue weighted by Crippen LogP contribution is -2.32. The number of benzene rings is 1. The number of anilines is 1. The minimum atomic E-state index is -0.522. The Morgan fingerprint density at radius 2 is 2.09 bits per heavy atom. The molecule has 1 amide bonds. The van der Waals surface area contributed by atoms with Crippen LogP contribution in [0.5, 0.6) is 5.75 Å². The number of hydrogen-bond acceptors (Lipinski definition) is 4. The molecule has 1 aromatic carbocycles. The summed E-state index contributed by atoms with van der Waals surface area (Å²) in [6.07, 6.45) is 8.25. The monoisotopic (exact) mass is 315 g/mol. The number of fused-ring (bicyclic) bond motifs is 1. The molecule has 0 radical (unpaired) electrons. The normalized spacial score (nSPS) is 17.4. The Morgan fingerprint density at radius 1 is 1.30 bits per heavy atom. The Bertz CT molecular complexity index is 644. The summed E-state index contributed by atoms with van der Waals surface area (Å²) >= 11 is 0. The fourth-order valence-corrected chi connectivity index (χ4v) is 3.18. The van der Waals surface area contributed by atoms with Crippen molar-refractivity contribution in [2.45, 2.75) is 44.6 Å². The van der Waals surface area contributed by atoms with Gasteiger partial charge in [-0.25, -0.2) is 0 Å². The van der Waals surface area contributed by atoms with Crippen molar-refractivity contribution in [3.63, 3.8) is 0 Å². The van der Waals surface area contributed by atoms with E-state index in [9.17, 15) is 9.59 Å². The number of esters is 1. The summed E-state index contributed by atoms with van der Waals surface area (Å²) in [5, 5.41) is 2.77. The van der Waals surface area contributed by atoms with Gasteiger partial charge in [0.1, 0.15) is 17.8 Å². The summed E-state index contributed by atoms with van der Waals surface area (Å²) < 4.78 is 11.0. The summed E-state index contributed by atoms with van der Waals surface area (Å²) in [5.74, 6) is -0.124. The first-order valence-electron chi connectivity index (χ1n) is 8.09. The zero-order valence-electron chi connectivity index (χ0n) is 13.3. The van der Waals surface area contributed by atoms with Gasteiger partial charge in [-0.1, -0.05) is 6.07 Å². The smallest absolute Gasteiger partial charge is 0.315 e. The van der Waals surface area contributed by atoms with E-state index in [4.69, 9.17) is 9.47 Å². The van der Waals surface area contributed by atoms with Crippen molar-refractivity contribution < 1.29 is 19.1 Å². The number of hydrogen-bond donors (Lipinski definition) is 1. The predicted molar refractivity (Wildman–Crippen MR) is 87.2 cm³/mol. The lowest BCUT2D eigenvalue weighted by molar-refractivity contribution is -0.145. The Morgan fingerprint density at radius 3 is 2.83 bits per heavy atom. The molecule has 5 nitrogen and oxygen atoms in total. The highest BCUT2D eigenvalue weighted by Gasteiger charge is 2.36. The van der Waals surface area contributed by atoms with Gasteiger partial charge in [0, 0.05) is 5.56 Å². The first-order chi connectivity index (χ1) is 11.1. The molecule has 5 heteroatoms. The zero-order valence-corrected chi connectivity index (χ0v) is 13.3. The van der Waals surface area contributed by atoms with Crippen LogP contribution in [0.1, 0.15) is 44.6 Å². The second-order valence-electron chi connectivity index (χ2n) is 5.95. The number of amides is 1. The van der Waals surface area contributed by atoms with Crippen LogP contribution in [0.4, 0.5) is 5.69 Å².